The smallest absolute Gasteiger partial charge is 0.0385 e. The molecular weight excluding hydrogens is 172 g/mol. The topological polar surface area (TPSA) is 6.48 Å². The summed E-state index contributed by atoms with van der Waals surface area (Å²) in [5.41, 5.74) is 1.37. The summed E-state index contributed by atoms with van der Waals surface area (Å²) in [5, 5.41) is 0. The van der Waals surface area contributed by atoms with Gasteiger partial charge in [0, 0.05) is 25.3 Å². The summed E-state index contributed by atoms with van der Waals surface area (Å²) in [6.07, 6.45) is 9.19. The predicted molar refractivity (Wildman–Crippen MR) is 62.2 cm³/mol. The maximum absolute atomic E-state index is 2.36. The van der Waals surface area contributed by atoms with Crippen LogP contribution in [0.4, 0.5) is 0 Å². The molecule has 1 atom stereocenters. The lowest BCUT2D eigenvalue weighted by Crippen LogP contribution is -2.36. The van der Waals surface area contributed by atoms with Crippen molar-refractivity contribution in [3.8, 4) is 0 Å². The molecular formula is C12H22N2. The molecule has 0 fully saturated rings. The van der Waals surface area contributed by atoms with Crippen molar-refractivity contribution >= 4 is 0 Å². The van der Waals surface area contributed by atoms with Gasteiger partial charge in [0.2, 0.25) is 0 Å². The first-order valence-corrected chi connectivity index (χ1v) is 5.35. The first-order valence-electron chi connectivity index (χ1n) is 5.35. The number of likely N-dealkylation sites (N-methyl/N-ethyl adjacent to an activating group) is 2. The minimum atomic E-state index is 0.569. The van der Waals surface area contributed by atoms with Crippen LogP contribution in [0, 0.1) is 0 Å². The van der Waals surface area contributed by atoms with Gasteiger partial charge in [0.1, 0.15) is 0 Å². The van der Waals surface area contributed by atoms with Gasteiger partial charge in [-0.1, -0.05) is 12.2 Å². The van der Waals surface area contributed by atoms with Crippen molar-refractivity contribution in [1.82, 2.24) is 9.80 Å². The Balaban J connectivity index is 2.51. The molecule has 0 amide bonds. The Morgan fingerprint density at radius 1 is 1.29 bits per heavy atom. The summed E-state index contributed by atoms with van der Waals surface area (Å²) < 4.78 is 0. The fourth-order valence-corrected chi connectivity index (χ4v) is 1.77. The molecule has 0 heterocycles. The van der Waals surface area contributed by atoms with Crippen molar-refractivity contribution in [2.24, 2.45) is 0 Å². The Labute approximate surface area is 87.9 Å². The average Bonchev–Trinajstić information content (AvgIpc) is 2.17. The fraction of sp³-hybridized carbons (Fsp3) is 0.667. The predicted octanol–water partition coefficient (Wildman–Crippen LogP) is 2.10. The highest BCUT2D eigenvalue weighted by Crippen LogP contribution is 2.15. The summed E-state index contributed by atoms with van der Waals surface area (Å²) in [7, 11) is 6.42. The second-order valence-electron chi connectivity index (χ2n) is 4.33. The van der Waals surface area contributed by atoms with Gasteiger partial charge in [-0.25, -0.2) is 0 Å². The Morgan fingerprint density at radius 3 is 2.50 bits per heavy atom. The SMILES string of the molecule is CC(CN(C)C)N(C)C1=CCCC=C1. The fourth-order valence-electron chi connectivity index (χ4n) is 1.77. The van der Waals surface area contributed by atoms with Crippen LogP contribution in [-0.4, -0.2) is 43.5 Å². The minimum Gasteiger partial charge on any atom is -0.371 e. The van der Waals surface area contributed by atoms with Crippen molar-refractivity contribution in [3.05, 3.63) is 23.9 Å². The molecule has 0 saturated carbocycles. The van der Waals surface area contributed by atoms with Crippen LogP contribution in [0.1, 0.15) is 19.8 Å². The van der Waals surface area contributed by atoms with E-state index >= 15 is 0 Å². The summed E-state index contributed by atoms with van der Waals surface area (Å²) in [5.74, 6) is 0. The van der Waals surface area contributed by atoms with Gasteiger partial charge in [-0.05, 0) is 39.9 Å². The van der Waals surface area contributed by atoms with Gasteiger partial charge < -0.3 is 9.80 Å². The van der Waals surface area contributed by atoms with Crippen LogP contribution >= 0.6 is 0 Å². The maximum atomic E-state index is 2.36. The lowest BCUT2D eigenvalue weighted by Gasteiger charge is -2.30. The summed E-state index contributed by atoms with van der Waals surface area (Å²) in [6.45, 7) is 3.37. The normalized spacial score (nSPS) is 18.2. The molecule has 1 rings (SSSR count). The second kappa shape index (κ2) is 5.20. The Bertz CT molecular complexity index is 228. The van der Waals surface area contributed by atoms with Crippen LogP contribution in [0.25, 0.3) is 0 Å². The molecule has 0 saturated heterocycles. The molecule has 1 aliphatic carbocycles. The molecule has 0 aromatic carbocycles. The Morgan fingerprint density at radius 2 is 2.00 bits per heavy atom. The molecule has 0 bridgehead atoms. The molecule has 0 aromatic rings. The van der Waals surface area contributed by atoms with Gasteiger partial charge in [0.15, 0.2) is 0 Å². The monoisotopic (exact) mass is 194 g/mol. The van der Waals surface area contributed by atoms with Crippen molar-refractivity contribution < 1.29 is 0 Å². The zero-order valence-corrected chi connectivity index (χ0v) is 9.83. The molecule has 0 aromatic heterocycles. The van der Waals surface area contributed by atoms with Crippen molar-refractivity contribution in [2.45, 2.75) is 25.8 Å². The van der Waals surface area contributed by atoms with E-state index < -0.39 is 0 Å². The van der Waals surface area contributed by atoms with E-state index in [0.717, 1.165) is 6.54 Å². The van der Waals surface area contributed by atoms with Gasteiger partial charge in [-0.3, -0.25) is 0 Å². The summed E-state index contributed by atoms with van der Waals surface area (Å²) in [4.78, 5) is 4.59. The van der Waals surface area contributed by atoms with Crippen molar-refractivity contribution in [2.75, 3.05) is 27.7 Å². The van der Waals surface area contributed by atoms with E-state index in [-0.39, 0.29) is 0 Å². The van der Waals surface area contributed by atoms with E-state index in [1.54, 1.807) is 0 Å². The minimum absolute atomic E-state index is 0.569. The van der Waals surface area contributed by atoms with Gasteiger partial charge >= 0.3 is 0 Å². The largest absolute Gasteiger partial charge is 0.371 e. The van der Waals surface area contributed by atoms with Crippen LogP contribution in [0.2, 0.25) is 0 Å². The molecule has 14 heavy (non-hydrogen) atoms. The third-order valence-electron chi connectivity index (χ3n) is 2.67. The molecule has 0 aliphatic heterocycles. The average molecular weight is 194 g/mol. The van der Waals surface area contributed by atoms with E-state index in [1.807, 2.05) is 0 Å². The van der Waals surface area contributed by atoms with Crippen LogP contribution in [0.3, 0.4) is 0 Å². The van der Waals surface area contributed by atoms with E-state index in [0.29, 0.717) is 6.04 Å². The van der Waals surface area contributed by atoms with Crippen molar-refractivity contribution in [1.29, 1.82) is 0 Å². The zero-order valence-electron chi connectivity index (χ0n) is 9.83. The van der Waals surface area contributed by atoms with Gasteiger partial charge in [0.05, 0.1) is 0 Å². The summed E-state index contributed by atoms with van der Waals surface area (Å²) >= 11 is 0. The lowest BCUT2D eigenvalue weighted by molar-refractivity contribution is 0.254. The molecule has 1 unspecified atom stereocenters. The van der Waals surface area contributed by atoms with E-state index in [9.17, 15) is 0 Å². The van der Waals surface area contributed by atoms with Crippen LogP contribution in [0.15, 0.2) is 23.9 Å². The first-order chi connectivity index (χ1) is 6.61. The number of hydrogen-bond acceptors (Lipinski definition) is 2. The Kier molecular flexibility index (Phi) is 4.21. The van der Waals surface area contributed by atoms with Gasteiger partial charge in [-0.15, -0.1) is 0 Å². The third kappa shape index (κ3) is 3.18. The highest BCUT2D eigenvalue weighted by Gasteiger charge is 2.12. The van der Waals surface area contributed by atoms with Crippen LogP contribution < -0.4 is 0 Å². The number of rotatable bonds is 4. The van der Waals surface area contributed by atoms with Crippen molar-refractivity contribution in [3.63, 3.8) is 0 Å². The van der Waals surface area contributed by atoms with E-state index in [1.165, 1.54) is 18.5 Å². The first kappa shape index (κ1) is 11.3. The number of hydrogen-bond donors (Lipinski definition) is 0. The number of allylic oxidation sites excluding steroid dienone is 3. The molecule has 0 N–H and O–H groups in total. The number of nitrogens with zero attached hydrogens (tertiary/aromatic N) is 2. The molecule has 2 nitrogen and oxygen atoms in total. The third-order valence-corrected chi connectivity index (χ3v) is 2.67. The maximum Gasteiger partial charge on any atom is 0.0385 e. The molecule has 1 aliphatic rings. The quantitative estimate of drug-likeness (QED) is 0.676. The van der Waals surface area contributed by atoms with Gasteiger partial charge in [0.25, 0.3) is 0 Å². The molecule has 0 radical (unpaired) electrons. The van der Waals surface area contributed by atoms with Gasteiger partial charge in [-0.2, -0.15) is 0 Å². The standard InChI is InChI=1S/C12H22N2/c1-11(10-13(2)3)14(4)12-8-6-5-7-9-12/h6,8-9,11H,5,7,10H2,1-4H3. The molecule has 0 spiro atoms. The molecule has 80 valence electrons. The second-order valence-corrected chi connectivity index (χ2v) is 4.33. The van der Waals surface area contributed by atoms with Crippen LogP contribution in [0.5, 0.6) is 0 Å². The van der Waals surface area contributed by atoms with E-state index in [4.69, 9.17) is 0 Å². The molecule has 2 heteroatoms. The highest BCUT2D eigenvalue weighted by atomic mass is 15.2. The zero-order chi connectivity index (χ0) is 10.6. The Hall–Kier alpha value is -0.760. The highest BCUT2D eigenvalue weighted by molar-refractivity contribution is 5.21. The van der Waals surface area contributed by atoms with E-state index in [2.05, 4.69) is 56.1 Å². The lowest BCUT2D eigenvalue weighted by atomic mass is 10.1. The van der Waals surface area contributed by atoms with Crippen LogP contribution in [-0.2, 0) is 0 Å². The summed E-state index contributed by atoms with van der Waals surface area (Å²) in [6, 6.07) is 0.569.